The van der Waals surface area contributed by atoms with E-state index in [2.05, 4.69) is 20.3 Å². The largest absolute Gasteiger partial charge is 0.494 e. The van der Waals surface area contributed by atoms with Gasteiger partial charge in [0.05, 0.1) is 30.7 Å². The van der Waals surface area contributed by atoms with Gasteiger partial charge in [0, 0.05) is 34.0 Å². The smallest absolute Gasteiger partial charge is 0.427 e. The van der Waals surface area contributed by atoms with E-state index in [0.717, 1.165) is 4.90 Å². The summed E-state index contributed by atoms with van der Waals surface area (Å²) in [5.41, 5.74) is -4.58. The summed E-state index contributed by atoms with van der Waals surface area (Å²) in [7, 11) is -2.60. The first-order valence-electron chi connectivity index (χ1n) is 19.9. The molecular formula is C40H60F3N5O10S. The minimum Gasteiger partial charge on any atom is -0.494 e. The van der Waals surface area contributed by atoms with Gasteiger partial charge >= 0.3 is 12.3 Å². The molecule has 4 amide bonds. The quantitative estimate of drug-likeness (QED) is 0.258. The van der Waals surface area contributed by atoms with Gasteiger partial charge in [-0.15, -0.1) is 0 Å². The Kier molecular flexibility index (Phi) is 13.5. The van der Waals surface area contributed by atoms with Crippen LogP contribution in [-0.4, -0.2) is 109 Å². The Balaban J connectivity index is 0.00000261. The Labute approximate surface area is 346 Å². The number of ether oxygens (including phenoxy) is 4. The zero-order chi connectivity index (χ0) is 43.6. The van der Waals surface area contributed by atoms with Crippen molar-refractivity contribution in [1.29, 1.82) is 0 Å². The van der Waals surface area contributed by atoms with Gasteiger partial charge in [-0.1, -0.05) is 51.1 Å². The zero-order valence-electron chi connectivity index (χ0n) is 34.3. The Morgan fingerprint density at radius 2 is 1.81 bits per heavy atom. The van der Waals surface area contributed by atoms with Crippen molar-refractivity contribution in [2.75, 3.05) is 20.3 Å². The number of halogens is 3. The van der Waals surface area contributed by atoms with Crippen LogP contribution < -0.4 is 24.8 Å². The van der Waals surface area contributed by atoms with E-state index < -0.39 is 86.1 Å². The molecule has 4 aliphatic rings. The van der Waals surface area contributed by atoms with Crippen LogP contribution in [-0.2, 0) is 33.9 Å². The summed E-state index contributed by atoms with van der Waals surface area (Å²) in [6.07, 6.45) is -1.84. The van der Waals surface area contributed by atoms with E-state index in [1.54, 1.807) is 43.3 Å². The number of carbonyl (C=O) groups excluding carboxylic acids is 4. The number of benzene rings is 1. The predicted octanol–water partition coefficient (Wildman–Crippen LogP) is 5.81. The number of allylic oxidation sites excluding steroid dienone is 1. The Hall–Kier alpha value is -4.65. The van der Waals surface area contributed by atoms with E-state index in [4.69, 9.17) is 18.9 Å². The normalized spacial score (nSPS) is 27.6. The van der Waals surface area contributed by atoms with Crippen LogP contribution in [0.5, 0.6) is 11.6 Å². The van der Waals surface area contributed by atoms with Gasteiger partial charge in [0.2, 0.25) is 33.3 Å². The van der Waals surface area contributed by atoms with E-state index >= 15 is 0 Å². The molecule has 6 atom stereocenters. The fourth-order valence-electron chi connectivity index (χ4n) is 7.08. The Bertz CT molecular complexity index is 2060. The molecule has 2 saturated carbocycles. The third-order valence-electron chi connectivity index (χ3n) is 11.2. The highest BCUT2D eigenvalue weighted by molar-refractivity contribution is 7.91. The molecule has 1 saturated heterocycles. The van der Waals surface area contributed by atoms with E-state index in [9.17, 15) is 40.8 Å². The summed E-state index contributed by atoms with van der Waals surface area (Å²) >= 11 is 0. The van der Waals surface area contributed by atoms with Crippen LogP contribution in [0.25, 0.3) is 10.8 Å². The SMILES string of the molecule is CC.CC[C@@H]1OCCC/C=C\[C@@H]2C[C@@]2(C(=O)NS(=O)(=O)C2(C)CC2)NC(=O)[C@@H]2C[C@@H](Oc3ncc(OC)c4ccccc34)CN2C(=O)[C@H]1NC(=O)OC(C)(C)C(F)(F)F.[HH].[HH].[HH]. The van der Waals surface area contributed by atoms with Crippen LogP contribution in [0.3, 0.4) is 0 Å². The first-order chi connectivity index (χ1) is 27.8. The summed E-state index contributed by atoms with van der Waals surface area (Å²) < 4.78 is 91.1. The molecule has 1 aromatic carbocycles. The number of hydrogen-bond donors (Lipinski definition) is 3. The lowest BCUT2D eigenvalue weighted by Gasteiger charge is -2.34. The van der Waals surface area contributed by atoms with Gasteiger partial charge in [-0.05, 0) is 65.4 Å². The number of hydrogen-bond acceptors (Lipinski definition) is 11. The number of fused-ring (bicyclic) bond motifs is 3. The number of rotatable bonds is 9. The van der Waals surface area contributed by atoms with Crippen molar-refractivity contribution >= 4 is 44.6 Å². The molecule has 332 valence electrons. The summed E-state index contributed by atoms with van der Waals surface area (Å²) in [6.45, 7) is 8.34. The lowest BCUT2D eigenvalue weighted by Crippen LogP contribution is -2.61. The molecule has 19 heteroatoms. The standard InChI is InChI=1S/C38H48F3N5O10S.C2H6.3H2/c1-6-27-29(43-34(50)56-35(2,3)38(39,40)41)32(48)46-21-23(55-31-25-14-10-9-13-24(25)28(53-5)20-42-31)18-26(46)30(47)44-37(19-22(37)12-8-7-11-17-54-27)33(49)45-57(51,52)36(4)15-16-36;1-2;;;/h8-10,12-14,20,22-23,26-27,29H,6-7,11,15-19,21H2,1-5H3,(H,43,50)(H,44,47)(H,45,49);1-2H3;3*1H/b12-8-;;;;/t22-,23-,26+,27+,29+,37-;;;;/m1..../s1. The molecule has 3 N–H and O–H groups in total. The molecule has 15 nitrogen and oxygen atoms in total. The van der Waals surface area contributed by atoms with Crippen molar-refractivity contribution in [3.63, 3.8) is 0 Å². The molecule has 1 aromatic heterocycles. The molecule has 6 rings (SSSR count). The monoisotopic (exact) mass is 859 g/mol. The van der Waals surface area contributed by atoms with Gasteiger partial charge < -0.3 is 34.5 Å². The molecular weight excluding hydrogens is 800 g/mol. The van der Waals surface area contributed by atoms with Crippen LogP contribution in [0.2, 0.25) is 0 Å². The van der Waals surface area contributed by atoms with Gasteiger partial charge in [-0.25, -0.2) is 18.2 Å². The maximum Gasteiger partial charge on any atom is 0.427 e. The van der Waals surface area contributed by atoms with E-state index in [1.165, 1.54) is 20.2 Å². The second-order valence-electron chi connectivity index (χ2n) is 15.7. The van der Waals surface area contributed by atoms with Crippen LogP contribution in [0, 0.1) is 5.92 Å². The second-order valence-corrected chi connectivity index (χ2v) is 17.9. The average Bonchev–Trinajstić information content (AvgIpc) is 4.07. The molecule has 59 heavy (non-hydrogen) atoms. The summed E-state index contributed by atoms with van der Waals surface area (Å²) in [5, 5.41) is 6.30. The van der Waals surface area contributed by atoms with Crippen molar-refractivity contribution in [1.82, 2.24) is 25.2 Å². The lowest BCUT2D eigenvalue weighted by atomic mass is 10.1. The highest BCUT2D eigenvalue weighted by Gasteiger charge is 2.63. The fourth-order valence-corrected chi connectivity index (χ4v) is 8.39. The molecule has 0 unspecified atom stereocenters. The molecule has 3 fully saturated rings. The van der Waals surface area contributed by atoms with Crippen molar-refractivity contribution in [3.05, 3.63) is 42.6 Å². The molecule has 0 spiro atoms. The van der Waals surface area contributed by atoms with Crippen molar-refractivity contribution in [3.8, 4) is 11.6 Å². The summed E-state index contributed by atoms with van der Waals surface area (Å²) in [5.74, 6) is -2.55. The number of methoxy groups -OCH3 is 1. The van der Waals surface area contributed by atoms with Crippen LogP contribution in [0.15, 0.2) is 42.6 Å². The number of amides is 4. The minimum atomic E-state index is -4.94. The molecule has 3 heterocycles. The third kappa shape index (κ3) is 9.55. The lowest BCUT2D eigenvalue weighted by molar-refractivity contribution is -0.244. The van der Waals surface area contributed by atoms with Crippen molar-refractivity contribution < 1.29 is 64.0 Å². The molecule has 2 aliphatic carbocycles. The number of alkyl halides is 3. The van der Waals surface area contributed by atoms with Gasteiger partial charge in [0.15, 0.2) is 0 Å². The molecule has 2 aliphatic heterocycles. The number of nitrogens with zero attached hydrogens (tertiary/aromatic N) is 2. The predicted molar refractivity (Wildman–Crippen MR) is 216 cm³/mol. The van der Waals surface area contributed by atoms with Gasteiger partial charge in [0.1, 0.15) is 29.5 Å². The minimum absolute atomic E-state index is 0. The highest BCUT2D eigenvalue weighted by atomic mass is 32.2. The average molecular weight is 860 g/mol. The number of nitrogens with one attached hydrogen (secondary N) is 3. The van der Waals surface area contributed by atoms with Crippen LogP contribution >= 0.6 is 0 Å². The molecule has 0 radical (unpaired) electrons. The summed E-state index contributed by atoms with van der Waals surface area (Å²) in [6, 6.07) is 4.12. The van der Waals surface area contributed by atoms with Crippen LogP contribution in [0.4, 0.5) is 18.0 Å². The number of alkyl carbamates (subject to hydrolysis) is 1. The maximum absolute atomic E-state index is 14.7. The van der Waals surface area contributed by atoms with E-state index in [-0.39, 0.29) is 42.6 Å². The topological polar surface area (TPSA) is 192 Å². The number of pyridine rings is 1. The highest BCUT2D eigenvalue weighted by Crippen LogP contribution is 2.47. The van der Waals surface area contributed by atoms with Gasteiger partial charge in [-0.2, -0.15) is 13.2 Å². The number of aromatic nitrogens is 1. The first-order valence-corrected chi connectivity index (χ1v) is 21.4. The molecule has 2 aromatic rings. The Morgan fingerprint density at radius 1 is 1.14 bits per heavy atom. The third-order valence-corrected chi connectivity index (χ3v) is 13.4. The Morgan fingerprint density at radius 3 is 2.44 bits per heavy atom. The van der Waals surface area contributed by atoms with E-state index in [0.29, 0.717) is 56.1 Å². The zero-order valence-corrected chi connectivity index (χ0v) is 35.1. The van der Waals surface area contributed by atoms with Crippen molar-refractivity contribution in [2.24, 2.45) is 5.92 Å². The van der Waals surface area contributed by atoms with E-state index in [1.807, 2.05) is 13.8 Å². The second kappa shape index (κ2) is 17.5. The maximum atomic E-state index is 14.7. The van der Waals surface area contributed by atoms with Gasteiger partial charge in [0.25, 0.3) is 5.91 Å². The fraction of sp³-hybridized carbons (Fsp3) is 0.625. The van der Waals surface area contributed by atoms with Crippen molar-refractivity contribution in [2.45, 2.75) is 133 Å². The first kappa shape index (κ1) is 45.4. The van der Waals surface area contributed by atoms with Crippen LogP contribution in [0.1, 0.15) is 90.8 Å². The number of sulfonamides is 1. The summed E-state index contributed by atoms with van der Waals surface area (Å²) in [4.78, 5) is 61.6. The number of carbonyl (C=O) groups is 4. The van der Waals surface area contributed by atoms with Gasteiger partial charge in [-0.3, -0.25) is 19.1 Å². The molecule has 0 bridgehead atoms.